The number of hydrogen-bond donors (Lipinski definition) is 1. The number of anilines is 1. The molecule has 0 radical (unpaired) electrons. The Bertz CT molecular complexity index is 573. The second-order valence-corrected chi connectivity index (χ2v) is 6.54. The molecule has 0 amide bonds. The molecule has 0 aromatic heterocycles. The lowest BCUT2D eigenvalue weighted by atomic mass is 10.2. The summed E-state index contributed by atoms with van der Waals surface area (Å²) in [5, 5.41) is 0. The number of benzene rings is 1. The summed E-state index contributed by atoms with van der Waals surface area (Å²) < 4.78 is 36.8. The Morgan fingerprint density at radius 1 is 1.39 bits per heavy atom. The van der Waals surface area contributed by atoms with Gasteiger partial charge < -0.3 is 15.0 Å². The van der Waals surface area contributed by atoms with Gasteiger partial charge in [0.05, 0.1) is 27.1 Å². The van der Waals surface area contributed by atoms with Gasteiger partial charge in [0.1, 0.15) is 6.61 Å². The van der Waals surface area contributed by atoms with E-state index in [0.717, 1.165) is 0 Å². The van der Waals surface area contributed by atoms with E-state index >= 15 is 0 Å². The highest BCUT2D eigenvalue weighted by molar-refractivity contribution is 9.11. The number of carbonyl (C=O) groups excluding carboxylic acids is 1. The molecule has 1 aromatic rings. The van der Waals surface area contributed by atoms with Crippen LogP contribution in [0.15, 0.2) is 21.1 Å². The molecule has 9 heteroatoms. The van der Waals surface area contributed by atoms with Gasteiger partial charge in [-0.1, -0.05) is 15.9 Å². The Morgan fingerprint density at radius 2 is 2.00 bits per heavy atom. The van der Waals surface area contributed by atoms with Crippen LogP contribution in [0.25, 0.3) is 0 Å². The highest BCUT2D eigenvalue weighted by Gasteiger charge is 2.15. The van der Waals surface area contributed by atoms with Crippen molar-refractivity contribution in [2.24, 2.45) is 0 Å². The van der Waals surface area contributed by atoms with Gasteiger partial charge in [0, 0.05) is 8.95 Å². The van der Waals surface area contributed by atoms with Crippen LogP contribution in [0, 0.1) is 0 Å². The topological polar surface area (TPSA) is 110 Å². The normalized spacial score (nSPS) is 11.3. The molecule has 0 heterocycles. The standard InChI is InChI=1S/C9H9Br2NO5S/c10-5-3-6(8(12)7(11)4-5)9(13)17-1-2-18(14,15)16/h3-4H,1-2,12H2,(H,14,15,16)/p-1. The predicted octanol–water partition coefficient (Wildman–Crippen LogP) is 1.50. The molecule has 0 atom stereocenters. The molecule has 1 aromatic carbocycles. The number of ether oxygens (including phenoxy) is 1. The van der Waals surface area contributed by atoms with Crippen molar-refractivity contribution in [3.8, 4) is 0 Å². The van der Waals surface area contributed by atoms with Crippen molar-refractivity contribution in [1.82, 2.24) is 0 Å². The van der Waals surface area contributed by atoms with E-state index in [4.69, 9.17) is 5.73 Å². The van der Waals surface area contributed by atoms with Crippen molar-refractivity contribution in [3.05, 3.63) is 26.6 Å². The molecule has 0 saturated carbocycles. The van der Waals surface area contributed by atoms with E-state index in [1.807, 2.05) is 0 Å². The van der Waals surface area contributed by atoms with Crippen molar-refractivity contribution in [2.45, 2.75) is 0 Å². The first-order valence-corrected chi connectivity index (χ1v) is 7.72. The Morgan fingerprint density at radius 3 is 2.56 bits per heavy atom. The van der Waals surface area contributed by atoms with Gasteiger partial charge in [-0.3, -0.25) is 0 Å². The number of rotatable bonds is 4. The lowest BCUT2D eigenvalue weighted by molar-refractivity contribution is 0.0529. The Hall–Kier alpha value is -0.640. The van der Waals surface area contributed by atoms with Gasteiger partial charge in [0.15, 0.2) is 0 Å². The van der Waals surface area contributed by atoms with Gasteiger partial charge >= 0.3 is 5.97 Å². The van der Waals surface area contributed by atoms with Gasteiger partial charge in [-0.25, -0.2) is 13.2 Å². The van der Waals surface area contributed by atoms with E-state index in [1.54, 1.807) is 6.07 Å². The quantitative estimate of drug-likeness (QED) is 0.465. The molecule has 0 unspecified atom stereocenters. The summed E-state index contributed by atoms with van der Waals surface area (Å²) in [6.45, 7) is -0.506. The maximum atomic E-state index is 11.6. The van der Waals surface area contributed by atoms with Crippen molar-refractivity contribution >= 4 is 53.6 Å². The van der Waals surface area contributed by atoms with E-state index in [9.17, 15) is 17.8 Å². The fourth-order valence-electron chi connectivity index (χ4n) is 1.07. The van der Waals surface area contributed by atoms with Crippen LogP contribution < -0.4 is 5.73 Å². The zero-order valence-electron chi connectivity index (χ0n) is 8.85. The zero-order valence-corrected chi connectivity index (χ0v) is 12.8. The van der Waals surface area contributed by atoms with Crippen LogP contribution in [0.1, 0.15) is 10.4 Å². The molecule has 2 N–H and O–H groups in total. The number of nitrogen functional groups attached to an aromatic ring is 1. The second-order valence-electron chi connectivity index (χ2n) is 3.25. The summed E-state index contributed by atoms with van der Waals surface area (Å²) >= 11 is 6.33. The summed E-state index contributed by atoms with van der Waals surface area (Å²) in [5.41, 5.74) is 5.92. The Balaban J connectivity index is 2.79. The molecule has 0 aliphatic heterocycles. The first kappa shape index (κ1) is 15.4. The summed E-state index contributed by atoms with van der Waals surface area (Å²) in [6, 6.07) is 3.09. The molecule has 0 spiro atoms. The summed E-state index contributed by atoms with van der Waals surface area (Å²) in [7, 11) is -4.41. The smallest absolute Gasteiger partial charge is 0.340 e. The molecule has 0 saturated heterocycles. The lowest BCUT2D eigenvalue weighted by Gasteiger charge is -2.10. The third-order valence-corrected chi connectivity index (χ3v) is 3.66. The summed E-state index contributed by atoms with van der Waals surface area (Å²) in [4.78, 5) is 11.6. The summed E-state index contributed by atoms with van der Waals surface area (Å²) in [6.07, 6.45) is 0. The van der Waals surface area contributed by atoms with Crippen molar-refractivity contribution in [1.29, 1.82) is 0 Å². The van der Waals surface area contributed by atoms with E-state index in [0.29, 0.717) is 8.95 Å². The highest BCUT2D eigenvalue weighted by atomic mass is 79.9. The zero-order chi connectivity index (χ0) is 13.9. The van der Waals surface area contributed by atoms with Crippen molar-refractivity contribution in [3.63, 3.8) is 0 Å². The summed E-state index contributed by atoms with van der Waals surface area (Å²) in [5.74, 6) is -1.56. The number of hydrogen-bond acceptors (Lipinski definition) is 6. The fraction of sp³-hybridized carbons (Fsp3) is 0.222. The van der Waals surface area contributed by atoms with E-state index in [-0.39, 0.29) is 11.3 Å². The first-order valence-electron chi connectivity index (χ1n) is 4.56. The lowest BCUT2D eigenvalue weighted by Crippen LogP contribution is -2.16. The van der Waals surface area contributed by atoms with Gasteiger partial charge in [-0.15, -0.1) is 0 Å². The highest BCUT2D eigenvalue weighted by Crippen LogP contribution is 2.28. The molecule has 0 bridgehead atoms. The largest absolute Gasteiger partial charge is 0.748 e. The average molecular weight is 402 g/mol. The molecule has 18 heavy (non-hydrogen) atoms. The van der Waals surface area contributed by atoms with Crippen LogP contribution >= 0.6 is 31.9 Å². The van der Waals surface area contributed by atoms with Crippen LogP contribution in [-0.4, -0.2) is 31.3 Å². The van der Waals surface area contributed by atoms with Gasteiger partial charge in [-0.05, 0) is 28.1 Å². The van der Waals surface area contributed by atoms with Crippen molar-refractivity contribution in [2.75, 3.05) is 18.1 Å². The van der Waals surface area contributed by atoms with Crippen molar-refractivity contribution < 1.29 is 22.5 Å². The Labute approximate surface area is 121 Å². The monoisotopic (exact) mass is 400 g/mol. The van der Waals surface area contributed by atoms with Gasteiger partial charge in [0.25, 0.3) is 0 Å². The van der Waals surface area contributed by atoms with Gasteiger partial charge in [0.2, 0.25) is 0 Å². The number of halogens is 2. The van der Waals surface area contributed by atoms with Crippen LogP contribution in [0.5, 0.6) is 0 Å². The third-order valence-electron chi connectivity index (χ3n) is 1.88. The molecular weight excluding hydrogens is 394 g/mol. The minimum atomic E-state index is -4.41. The maximum Gasteiger partial charge on any atom is 0.340 e. The van der Waals surface area contributed by atoms with Gasteiger partial charge in [-0.2, -0.15) is 0 Å². The number of esters is 1. The minimum Gasteiger partial charge on any atom is -0.748 e. The maximum absolute atomic E-state index is 11.6. The molecule has 100 valence electrons. The predicted molar refractivity (Wildman–Crippen MR) is 71.1 cm³/mol. The SMILES string of the molecule is Nc1c(Br)cc(Br)cc1C(=O)OCCS(=O)(=O)[O-]. The van der Waals surface area contributed by atoms with Crippen LogP contribution in [-0.2, 0) is 14.9 Å². The second kappa shape index (κ2) is 6.00. The molecule has 0 aliphatic rings. The van der Waals surface area contributed by atoms with Crippen LogP contribution in [0.4, 0.5) is 5.69 Å². The third kappa shape index (κ3) is 4.56. The van der Waals surface area contributed by atoms with Crippen LogP contribution in [0.2, 0.25) is 0 Å². The van der Waals surface area contributed by atoms with E-state index in [2.05, 4.69) is 36.6 Å². The molecule has 0 fully saturated rings. The molecule has 1 rings (SSSR count). The molecule has 6 nitrogen and oxygen atoms in total. The number of carbonyl (C=O) groups is 1. The molecular formula is C9H8Br2NO5S-. The van der Waals surface area contributed by atoms with E-state index in [1.165, 1.54) is 6.07 Å². The molecule has 0 aliphatic carbocycles. The minimum absolute atomic E-state index is 0.0829. The Kier molecular flexibility index (Phi) is 5.14. The first-order chi connectivity index (χ1) is 8.20. The van der Waals surface area contributed by atoms with Crippen LogP contribution in [0.3, 0.4) is 0 Å². The average Bonchev–Trinajstić information content (AvgIpc) is 2.21. The van der Waals surface area contributed by atoms with E-state index < -0.39 is 28.4 Å². The number of nitrogens with two attached hydrogens (primary N) is 1. The fourth-order valence-corrected chi connectivity index (χ4v) is 2.58.